The molecule has 104 valence electrons. The molecule has 5 heteroatoms. The number of rotatable bonds is 2. The van der Waals surface area contributed by atoms with Gasteiger partial charge < -0.3 is 14.8 Å². The molecule has 1 saturated carbocycles. The Balaban J connectivity index is 1.90. The molecule has 2 atom stereocenters. The highest BCUT2D eigenvalue weighted by molar-refractivity contribution is 9.10. The van der Waals surface area contributed by atoms with Crippen molar-refractivity contribution >= 4 is 21.8 Å². The van der Waals surface area contributed by atoms with Crippen LogP contribution in [0.3, 0.4) is 0 Å². The molecule has 0 spiro atoms. The topological polar surface area (TPSA) is 37.3 Å². The van der Waals surface area contributed by atoms with Gasteiger partial charge in [0.05, 0.1) is 0 Å². The van der Waals surface area contributed by atoms with Gasteiger partial charge in [-0.25, -0.2) is 0 Å². The van der Waals surface area contributed by atoms with Crippen LogP contribution in [0.15, 0.2) is 16.7 Å². The van der Waals surface area contributed by atoms with Crippen LogP contribution in [0.2, 0.25) is 0 Å². The molecule has 1 N–H and O–H groups in total. The molecule has 2 aliphatic rings. The van der Waals surface area contributed by atoms with Gasteiger partial charge in [0.25, 0.3) is 5.91 Å². The van der Waals surface area contributed by atoms with Gasteiger partial charge in [-0.2, -0.15) is 0 Å². The van der Waals surface area contributed by atoms with E-state index in [2.05, 4.69) is 39.7 Å². The molecule has 1 amide bonds. The number of hydrogen-bond donors (Lipinski definition) is 1. The third kappa shape index (κ3) is 2.46. The molecular formula is C14H20BrN3O. The van der Waals surface area contributed by atoms with Crippen molar-refractivity contribution < 1.29 is 4.79 Å². The van der Waals surface area contributed by atoms with Crippen molar-refractivity contribution in [3.63, 3.8) is 0 Å². The van der Waals surface area contributed by atoms with Crippen molar-refractivity contribution in [3.8, 4) is 0 Å². The molecule has 3 rings (SSSR count). The number of nitrogens with zero attached hydrogens (tertiary/aromatic N) is 2. The second-order valence-electron chi connectivity index (χ2n) is 5.75. The predicted molar refractivity (Wildman–Crippen MR) is 78.4 cm³/mol. The molecule has 2 heterocycles. The Kier molecular flexibility index (Phi) is 3.43. The molecule has 4 nitrogen and oxygen atoms in total. The Morgan fingerprint density at radius 1 is 1.32 bits per heavy atom. The summed E-state index contributed by atoms with van der Waals surface area (Å²) in [7, 11) is 0. The van der Waals surface area contributed by atoms with Gasteiger partial charge in [-0.3, -0.25) is 4.79 Å². The highest BCUT2D eigenvalue weighted by Crippen LogP contribution is 2.38. The zero-order valence-electron chi connectivity index (χ0n) is 11.4. The lowest BCUT2D eigenvalue weighted by atomic mass is 10.1. The van der Waals surface area contributed by atoms with Crippen molar-refractivity contribution in [1.82, 2.24) is 14.8 Å². The lowest BCUT2D eigenvalue weighted by Gasteiger charge is -2.39. The van der Waals surface area contributed by atoms with Crippen molar-refractivity contribution in [3.05, 3.63) is 22.4 Å². The number of nitrogens with one attached hydrogen (secondary N) is 1. The molecule has 0 bridgehead atoms. The lowest BCUT2D eigenvalue weighted by Crippen LogP contribution is -2.57. The normalized spacial score (nSPS) is 27.6. The first kappa shape index (κ1) is 13.2. The van der Waals surface area contributed by atoms with E-state index in [9.17, 15) is 4.79 Å². The predicted octanol–water partition coefficient (Wildman–Crippen LogP) is 2.41. The van der Waals surface area contributed by atoms with Gasteiger partial charge in [-0.05, 0) is 48.7 Å². The number of carbonyl (C=O) groups excluding carboxylic acids is 1. The fraction of sp³-hybridized carbons (Fsp3) is 0.643. The van der Waals surface area contributed by atoms with Crippen molar-refractivity contribution in [2.45, 2.75) is 44.8 Å². The Morgan fingerprint density at radius 2 is 1.95 bits per heavy atom. The third-order valence-electron chi connectivity index (χ3n) is 4.04. The van der Waals surface area contributed by atoms with Crippen LogP contribution in [-0.4, -0.2) is 40.5 Å². The zero-order chi connectivity index (χ0) is 13.6. The van der Waals surface area contributed by atoms with Gasteiger partial charge in [0, 0.05) is 41.9 Å². The molecule has 0 aromatic carbocycles. The molecular weight excluding hydrogens is 306 g/mol. The van der Waals surface area contributed by atoms with Crippen LogP contribution in [-0.2, 0) is 0 Å². The summed E-state index contributed by atoms with van der Waals surface area (Å²) in [6.45, 7) is 5.97. The fourth-order valence-corrected chi connectivity index (χ4v) is 3.37. The number of hydrogen-bond acceptors (Lipinski definition) is 2. The first-order chi connectivity index (χ1) is 9.08. The molecule has 0 radical (unpaired) electrons. The first-order valence-corrected chi connectivity index (χ1v) is 7.78. The summed E-state index contributed by atoms with van der Waals surface area (Å²) in [6.07, 6.45) is 4.42. The van der Waals surface area contributed by atoms with E-state index in [1.807, 2.05) is 17.2 Å². The summed E-state index contributed by atoms with van der Waals surface area (Å²) in [6, 6.07) is 2.98. The van der Waals surface area contributed by atoms with Crippen LogP contribution in [0, 0.1) is 0 Å². The van der Waals surface area contributed by atoms with Gasteiger partial charge in [-0.15, -0.1) is 0 Å². The number of piperazine rings is 1. The molecule has 19 heavy (non-hydrogen) atoms. The molecule has 1 aromatic heterocycles. The van der Waals surface area contributed by atoms with E-state index in [1.54, 1.807) is 0 Å². The Hall–Kier alpha value is -0.810. The van der Waals surface area contributed by atoms with E-state index in [-0.39, 0.29) is 18.0 Å². The summed E-state index contributed by atoms with van der Waals surface area (Å²) in [5.74, 6) is 0.166. The number of carbonyl (C=O) groups is 1. The van der Waals surface area contributed by atoms with Gasteiger partial charge in [0.1, 0.15) is 5.69 Å². The Morgan fingerprint density at radius 3 is 2.53 bits per heavy atom. The minimum Gasteiger partial charge on any atom is -0.339 e. The van der Waals surface area contributed by atoms with E-state index in [4.69, 9.17) is 0 Å². The largest absolute Gasteiger partial charge is 0.339 e. The maximum Gasteiger partial charge on any atom is 0.271 e. The smallest absolute Gasteiger partial charge is 0.271 e. The van der Waals surface area contributed by atoms with Crippen LogP contribution < -0.4 is 5.32 Å². The van der Waals surface area contributed by atoms with Gasteiger partial charge >= 0.3 is 0 Å². The van der Waals surface area contributed by atoms with Gasteiger partial charge in [-0.1, -0.05) is 0 Å². The van der Waals surface area contributed by atoms with E-state index in [1.165, 1.54) is 12.8 Å². The van der Waals surface area contributed by atoms with E-state index >= 15 is 0 Å². The van der Waals surface area contributed by atoms with Gasteiger partial charge in [0.15, 0.2) is 0 Å². The van der Waals surface area contributed by atoms with Crippen LogP contribution >= 0.6 is 15.9 Å². The summed E-state index contributed by atoms with van der Waals surface area (Å²) in [5.41, 5.74) is 0.829. The SMILES string of the molecule is CC1CNCC(C)N1C(=O)c1cc(Br)cn1C1CC1. The lowest BCUT2D eigenvalue weighted by molar-refractivity contribution is 0.0533. The van der Waals surface area contributed by atoms with Crippen molar-refractivity contribution in [1.29, 1.82) is 0 Å². The second kappa shape index (κ2) is 4.94. The average Bonchev–Trinajstić information content (AvgIpc) is 3.12. The van der Waals surface area contributed by atoms with Crippen LogP contribution in [0.25, 0.3) is 0 Å². The molecule has 2 fully saturated rings. The molecule has 2 unspecified atom stereocenters. The average molecular weight is 326 g/mol. The van der Waals surface area contributed by atoms with Crippen LogP contribution in [0.5, 0.6) is 0 Å². The molecule has 1 saturated heterocycles. The van der Waals surface area contributed by atoms with E-state index < -0.39 is 0 Å². The first-order valence-electron chi connectivity index (χ1n) is 6.98. The molecule has 1 aromatic rings. The Labute approximate surface area is 122 Å². The Bertz CT molecular complexity index is 485. The molecule has 1 aliphatic heterocycles. The highest BCUT2D eigenvalue weighted by atomic mass is 79.9. The van der Waals surface area contributed by atoms with Crippen LogP contribution in [0.1, 0.15) is 43.2 Å². The summed E-state index contributed by atoms with van der Waals surface area (Å²) in [4.78, 5) is 14.9. The second-order valence-corrected chi connectivity index (χ2v) is 6.67. The van der Waals surface area contributed by atoms with E-state index in [0.717, 1.165) is 23.3 Å². The van der Waals surface area contributed by atoms with Gasteiger partial charge in [0.2, 0.25) is 0 Å². The summed E-state index contributed by atoms with van der Waals surface area (Å²) < 4.78 is 3.15. The quantitative estimate of drug-likeness (QED) is 0.906. The summed E-state index contributed by atoms with van der Waals surface area (Å²) in [5, 5.41) is 3.37. The number of aromatic nitrogens is 1. The molecule has 1 aliphatic carbocycles. The van der Waals surface area contributed by atoms with Crippen LogP contribution in [0.4, 0.5) is 0 Å². The minimum atomic E-state index is 0.166. The van der Waals surface area contributed by atoms with Crippen molar-refractivity contribution in [2.24, 2.45) is 0 Å². The fourth-order valence-electron chi connectivity index (χ4n) is 2.94. The number of amides is 1. The monoisotopic (exact) mass is 325 g/mol. The maximum atomic E-state index is 12.8. The third-order valence-corrected chi connectivity index (χ3v) is 4.47. The van der Waals surface area contributed by atoms with E-state index in [0.29, 0.717) is 6.04 Å². The summed E-state index contributed by atoms with van der Waals surface area (Å²) >= 11 is 3.50. The zero-order valence-corrected chi connectivity index (χ0v) is 13.0. The standard InChI is InChI=1S/C14H20BrN3O/c1-9-6-16-7-10(2)18(9)14(19)13-5-11(15)8-17(13)12-3-4-12/h5,8-10,12,16H,3-4,6-7H2,1-2H3. The highest BCUT2D eigenvalue weighted by Gasteiger charge is 2.34. The minimum absolute atomic E-state index is 0.166. The number of halogens is 1. The van der Waals surface area contributed by atoms with Crippen molar-refractivity contribution in [2.75, 3.05) is 13.1 Å². The maximum absolute atomic E-state index is 12.8.